The summed E-state index contributed by atoms with van der Waals surface area (Å²) in [5.74, 6) is 0.275. The fourth-order valence-corrected chi connectivity index (χ4v) is 2.58. The maximum absolute atomic E-state index is 12.1. The van der Waals surface area contributed by atoms with E-state index in [0.29, 0.717) is 24.7 Å². The molecule has 6 nitrogen and oxygen atoms in total. The lowest BCUT2D eigenvalue weighted by Crippen LogP contribution is -2.33. The van der Waals surface area contributed by atoms with Crippen molar-refractivity contribution in [3.63, 3.8) is 0 Å². The molecule has 2 rings (SSSR count). The molecule has 0 saturated heterocycles. The highest BCUT2D eigenvalue weighted by atomic mass is 32.2. The molecule has 1 heterocycles. The van der Waals surface area contributed by atoms with Gasteiger partial charge >= 0.3 is 0 Å². The molecule has 7 heteroatoms. The molecule has 0 saturated carbocycles. The topological polar surface area (TPSA) is 74.8 Å². The van der Waals surface area contributed by atoms with Gasteiger partial charge in [-0.3, -0.25) is 4.79 Å². The predicted molar refractivity (Wildman–Crippen MR) is 84.6 cm³/mol. The van der Waals surface area contributed by atoms with Gasteiger partial charge in [0.05, 0.1) is 23.9 Å². The van der Waals surface area contributed by atoms with Crippen LogP contribution in [-0.4, -0.2) is 44.4 Å². The summed E-state index contributed by atoms with van der Waals surface area (Å²) in [6, 6.07) is 11.7. The number of rotatable bonds is 7. The van der Waals surface area contributed by atoms with E-state index in [-0.39, 0.29) is 11.7 Å². The summed E-state index contributed by atoms with van der Waals surface area (Å²) < 4.78 is 1.68. The molecule has 2 aromatic rings. The number of para-hydroxylation sites is 1. The molecule has 0 radical (unpaired) electrons. The maximum atomic E-state index is 12.1. The number of aromatic nitrogens is 3. The highest BCUT2D eigenvalue weighted by Gasteiger charge is 2.13. The Morgan fingerprint density at radius 3 is 2.86 bits per heavy atom. The highest BCUT2D eigenvalue weighted by molar-refractivity contribution is 7.99. The molecule has 0 N–H and O–H groups in total. The first-order valence-corrected chi connectivity index (χ1v) is 7.97. The Kier molecular flexibility index (Phi) is 5.98. The van der Waals surface area contributed by atoms with E-state index in [4.69, 9.17) is 5.26 Å². The van der Waals surface area contributed by atoms with Crippen LogP contribution in [0.5, 0.6) is 0 Å². The van der Waals surface area contributed by atoms with Crippen LogP contribution in [0.25, 0.3) is 5.69 Å². The molecule has 0 fully saturated rings. The van der Waals surface area contributed by atoms with Crippen molar-refractivity contribution in [3.05, 3.63) is 36.7 Å². The SMILES string of the molecule is CCN(CCC#N)C(=O)CSc1ncn(-c2ccccc2)n1. The molecule has 0 aliphatic heterocycles. The Balaban J connectivity index is 1.91. The van der Waals surface area contributed by atoms with Gasteiger partial charge in [0.1, 0.15) is 6.33 Å². The first-order chi connectivity index (χ1) is 10.7. The Bertz CT molecular complexity index is 649. The summed E-state index contributed by atoms with van der Waals surface area (Å²) in [6.45, 7) is 2.98. The van der Waals surface area contributed by atoms with Crippen molar-refractivity contribution in [2.24, 2.45) is 0 Å². The molecular formula is C15H17N5OS. The molecule has 114 valence electrons. The van der Waals surface area contributed by atoms with E-state index in [9.17, 15) is 4.79 Å². The smallest absolute Gasteiger partial charge is 0.233 e. The minimum atomic E-state index is -0.00110. The lowest BCUT2D eigenvalue weighted by atomic mass is 10.3. The number of hydrogen-bond donors (Lipinski definition) is 0. The van der Waals surface area contributed by atoms with Gasteiger partial charge in [-0.2, -0.15) is 5.26 Å². The van der Waals surface area contributed by atoms with E-state index in [1.807, 2.05) is 37.3 Å². The fourth-order valence-electron chi connectivity index (χ4n) is 1.88. The number of nitriles is 1. The molecule has 1 aromatic heterocycles. The van der Waals surface area contributed by atoms with Crippen molar-refractivity contribution < 1.29 is 4.79 Å². The maximum Gasteiger partial charge on any atom is 0.233 e. The van der Waals surface area contributed by atoms with Crippen molar-refractivity contribution >= 4 is 17.7 Å². The molecule has 0 bridgehead atoms. The van der Waals surface area contributed by atoms with Crippen LogP contribution in [0, 0.1) is 11.3 Å². The van der Waals surface area contributed by atoms with Crippen LogP contribution in [0.1, 0.15) is 13.3 Å². The summed E-state index contributed by atoms with van der Waals surface area (Å²) in [5.41, 5.74) is 0.928. The highest BCUT2D eigenvalue weighted by Crippen LogP contribution is 2.15. The minimum absolute atomic E-state index is 0.00110. The molecule has 1 aromatic carbocycles. The largest absolute Gasteiger partial charge is 0.341 e. The van der Waals surface area contributed by atoms with Gasteiger partial charge in [-0.05, 0) is 19.1 Å². The van der Waals surface area contributed by atoms with Crippen molar-refractivity contribution in [3.8, 4) is 11.8 Å². The lowest BCUT2D eigenvalue weighted by molar-refractivity contribution is -0.128. The van der Waals surface area contributed by atoms with Gasteiger partial charge in [0.25, 0.3) is 0 Å². The van der Waals surface area contributed by atoms with Crippen molar-refractivity contribution in [2.45, 2.75) is 18.5 Å². The second-order valence-electron chi connectivity index (χ2n) is 4.48. The van der Waals surface area contributed by atoms with Crippen molar-refractivity contribution in [2.75, 3.05) is 18.8 Å². The van der Waals surface area contributed by atoms with Gasteiger partial charge in [-0.15, -0.1) is 5.10 Å². The summed E-state index contributed by atoms with van der Waals surface area (Å²) >= 11 is 1.30. The normalized spacial score (nSPS) is 10.2. The van der Waals surface area contributed by atoms with Gasteiger partial charge in [0.2, 0.25) is 11.1 Å². The number of nitrogens with zero attached hydrogens (tertiary/aromatic N) is 5. The van der Waals surface area contributed by atoms with Gasteiger partial charge in [0, 0.05) is 13.1 Å². The molecule has 0 aliphatic carbocycles. The number of carbonyl (C=O) groups excluding carboxylic acids is 1. The second kappa shape index (κ2) is 8.20. The van der Waals surface area contributed by atoms with E-state index in [1.165, 1.54) is 11.8 Å². The third-order valence-corrected chi connectivity index (χ3v) is 3.88. The Labute approximate surface area is 133 Å². The Morgan fingerprint density at radius 2 is 2.18 bits per heavy atom. The van der Waals surface area contributed by atoms with Crippen LogP contribution in [0.3, 0.4) is 0 Å². The first-order valence-electron chi connectivity index (χ1n) is 6.99. The van der Waals surface area contributed by atoms with Crippen LogP contribution < -0.4 is 0 Å². The van der Waals surface area contributed by atoms with Crippen LogP contribution in [0.2, 0.25) is 0 Å². The van der Waals surface area contributed by atoms with E-state index < -0.39 is 0 Å². The third-order valence-electron chi connectivity index (χ3n) is 3.04. The number of amides is 1. The van der Waals surface area contributed by atoms with E-state index >= 15 is 0 Å². The molecule has 22 heavy (non-hydrogen) atoms. The van der Waals surface area contributed by atoms with Crippen LogP contribution in [0.15, 0.2) is 41.8 Å². The summed E-state index contributed by atoms with van der Waals surface area (Å²) in [6.07, 6.45) is 1.99. The van der Waals surface area contributed by atoms with Gasteiger partial charge in [-0.1, -0.05) is 30.0 Å². The number of benzene rings is 1. The zero-order chi connectivity index (χ0) is 15.8. The van der Waals surface area contributed by atoms with Crippen molar-refractivity contribution in [1.82, 2.24) is 19.7 Å². The van der Waals surface area contributed by atoms with Gasteiger partial charge in [0.15, 0.2) is 0 Å². The Hall–Kier alpha value is -2.33. The standard InChI is InChI=1S/C15H17N5OS/c1-2-19(10-6-9-16)14(21)11-22-15-17-12-20(18-15)13-7-4-3-5-8-13/h3-5,7-8,12H,2,6,10-11H2,1H3. The molecular weight excluding hydrogens is 298 g/mol. The number of thioether (sulfide) groups is 1. The average molecular weight is 315 g/mol. The number of carbonyl (C=O) groups is 1. The zero-order valence-corrected chi connectivity index (χ0v) is 13.2. The van der Waals surface area contributed by atoms with Crippen molar-refractivity contribution in [1.29, 1.82) is 5.26 Å². The average Bonchev–Trinajstić information content (AvgIpc) is 3.03. The Morgan fingerprint density at radius 1 is 1.41 bits per heavy atom. The van der Waals surface area contributed by atoms with Crippen LogP contribution in [-0.2, 0) is 4.79 Å². The van der Waals surface area contributed by atoms with E-state index in [0.717, 1.165) is 5.69 Å². The van der Waals surface area contributed by atoms with Gasteiger partial charge < -0.3 is 4.90 Å². The number of hydrogen-bond acceptors (Lipinski definition) is 5. The third kappa shape index (κ3) is 4.33. The molecule has 0 spiro atoms. The van der Waals surface area contributed by atoms with E-state index in [1.54, 1.807) is 15.9 Å². The molecule has 0 atom stereocenters. The van der Waals surface area contributed by atoms with Gasteiger partial charge in [-0.25, -0.2) is 9.67 Å². The second-order valence-corrected chi connectivity index (χ2v) is 5.42. The quantitative estimate of drug-likeness (QED) is 0.732. The summed E-state index contributed by atoms with van der Waals surface area (Å²) in [7, 11) is 0. The summed E-state index contributed by atoms with van der Waals surface area (Å²) in [5, 5.41) is 13.5. The minimum Gasteiger partial charge on any atom is -0.341 e. The van der Waals surface area contributed by atoms with Crippen LogP contribution >= 0.6 is 11.8 Å². The van der Waals surface area contributed by atoms with Crippen LogP contribution in [0.4, 0.5) is 0 Å². The fraction of sp³-hybridized carbons (Fsp3) is 0.333. The lowest BCUT2D eigenvalue weighted by Gasteiger charge is -2.18. The molecule has 0 unspecified atom stereocenters. The monoisotopic (exact) mass is 315 g/mol. The van der Waals surface area contributed by atoms with E-state index in [2.05, 4.69) is 16.2 Å². The molecule has 1 amide bonds. The molecule has 0 aliphatic rings. The summed E-state index contributed by atoms with van der Waals surface area (Å²) in [4.78, 5) is 17.9. The first kappa shape index (κ1) is 16.0. The predicted octanol–water partition coefficient (Wildman–Crippen LogP) is 2.12. The zero-order valence-electron chi connectivity index (χ0n) is 12.3.